The highest BCUT2D eigenvalue weighted by Gasteiger charge is 2.20. The topological polar surface area (TPSA) is 52.7 Å². The van der Waals surface area contributed by atoms with Gasteiger partial charge < -0.3 is 15.1 Å². The van der Waals surface area contributed by atoms with Crippen molar-refractivity contribution in [2.75, 3.05) is 37.4 Å². The molecule has 1 fully saturated rings. The van der Waals surface area contributed by atoms with Gasteiger partial charge in [0.1, 0.15) is 0 Å². The van der Waals surface area contributed by atoms with Gasteiger partial charge in [-0.05, 0) is 37.1 Å². The molecule has 108 valence electrons. The molecule has 0 bridgehead atoms. The summed E-state index contributed by atoms with van der Waals surface area (Å²) in [6.45, 7) is 0.833. The van der Waals surface area contributed by atoms with Gasteiger partial charge >= 0.3 is 0 Å². The maximum Gasteiger partial charge on any atom is 0.243 e. The van der Waals surface area contributed by atoms with Crippen molar-refractivity contribution in [1.82, 2.24) is 4.90 Å². The van der Waals surface area contributed by atoms with Crippen LogP contribution in [0.3, 0.4) is 0 Å². The summed E-state index contributed by atoms with van der Waals surface area (Å²) >= 11 is 0. The second-order valence-electron chi connectivity index (χ2n) is 5.26. The van der Waals surface area contributed by atoms with Crippen LogP contribution in [0.25, 0.3) is 0 Å². The van der Waals surface area contributed by atoms with Gasteiger partial charge in [0.15, 0.2) is 0 Å². The highest BCUT2D eigenvalue weighted by molar-refractivity contribution is 5.94. The van der Waals surface area contributed by atoms with Crippen molar-refractivity contribution in [3.05, 3.63) is 24.3 Å². The number of carbonyl (C=O) groups is 2. The minimum absolute atomic E-state index is 0.0781. The molecule has 1 aromatic rings. The summed E-state index contributed by atoms with van der Waals surface area (Å²) in [6, 6.07) is 7.62. The molecule has 0 radical (unpaired) electrons. The van der Waals surface area contributed by atoms with Crippen LogP contribution in [0, 0.1) is 0 Å². The lowest BCUT2D eigenvalue weighted by Crippen LogP contribution is -2.40. The van der Waals surface area contributed by atoms with E-state index >= 15 is 0 Å². The number of amides is 2. The lowest BCUT2D eigenvalue weighted by atomic mass is 10.1. The fourth-order valence-electron chi connectivity index (χ4n) is 2.25. The fourth-order valence-corrected chi connectivity index (χ4v) is 2.25. The molecule has 0 spiro atoms. The van der Waals surface area contributed by atoms with Crippen LogP contribution in [0.5, 0.6) is 0 Å². The van der Waals surface area contributed by atoms with Gasteiger partial charge in [0.05, 0.1) is 6.54 Å². The number of hydrogen-bond donors (Lipinski definition) is 1. The van der Waals surface area contributed by atoms with E-state index in [4.69, 9.17) is 0 Å². The molecule has 2 rings (SSSR count). The van der Waals surface area contributed by atoms with Crippen LogP contribution >= 0.6 is 0 Å². The van der Waals surface area contributed by atoms with Gasteiger partial charge in [-0.1, -0.05) is 0 Å². The number of anilines is 2. The van der Waals surface area contributed by atoms with Crippen LogP contribution in [0.2, 0.25) is 0 Å². The van der Waals surface area contributed by atoms with Gasteiger partial charge in [0.2, 0.25) is 11.8 Å². The zero-order chi connectivity index (χ0) is 14.5. The van der Waals surface area contributed by atoms with Crippen LogP contribution < -0.4 is 10.2 Å². The Kier molecular flexibility index (Phi) is 4.61. The number of nitrogens with one attached hydrogen (secondary N) is 1. The monoisotopic (exact) mass is 275 g/mol. The summed E-state index contributed by atoms with van der Waals surface area (Å²) in [5.74, 6) is -0.0628. The highest BCUT2D eigenvalue weighted by Crippen LogP contribution is 2.16. The Bertz CT molecular complexity index is 482. The van der Waals surface area contributed by atoms with E-state index in [1.54, 1.807) is 4.90 Å². The van der Waals surface area contributed by atoms with E-state index in [2.05, 4.69) is 5.32 Å². The first-order chi connectivity index (χ1) is 9.56. The van der Waals surface area contributed by atoms with Gasteiger partial charge in [-0.15, -0.1) is 0 Å². The van der Waals surface area contributed by atoms with Gasteiger partial charge in [-0.2, -0.15) is 0 Å². The highest BCUT2D eigenvalue weighted by atomic mass is 16.2. The average molecular weight is 275 g/mol. The molecule has 5 nitrogen and oxygen atoms in total. The summed E-state index contributed by atoms with van der Waals surface area (Å²) in [6.07, 6.45) is 2.48. The third kappa shape index (κ3) is 3.73. The van der Waals surface area contributed by atoms with E-state index in [1.165, 1.54) is 0 Å². The zero-order valence-electron chi connectivity index (χ0n) is 12.1. The normalized spacial score (nSPS) is 15.1. The van der Waals surface area contributed by atoms with E-state index in [0.717, 1.165) is 24.2 Å². The third-order valence-corrected chi connectivity index (χ3v) is 3.42. The molecule has 1 aliphatic heterocycles. The Morgan fingerprint density at radius 3 is 2.55 bits per heavy atom. The van der Waals surface area contributed by atoms with Gasteiger partial charge in [-0.3, -0.25) is 9.59 Å². The molecule has 1 heterocycles. The SMILES string of the molecule is CN(C)c1ccc(NC(=O)CN2CCCCC2=O)cc1. The van der Waals surface area contributed by atoms with Crippen LogP contribution in [0.1, 0.15) is 19.3 Å². The molecule has 5 heteroatoms. The number of nitrogens with zero attached hydrogens (tertiary/aromatic N) is 2. The van der Waals surface area contributed by atoms with Crippen molar-refractivity contribution in [2.24, 2.45) is 0 Å². The molecular weight excluding hydrogens is 254 g/mol. The summed E-state index contributed by atoms with van der Waals surface area (Å²) in [5.41, 5.74) is 1.83. The van der Waals surface area contributed by atoms with E-state index in [1.807, 2.05) is 43.3 Å². The molecular formula is C15H21N3O2. The Hall–Kier alpha value is -2.04. The van der Waals surface area contributed by atoms with Gasteiger partial charge in [-0.25, -0.2) is 0 Å². The largest absolute Gasteiger partial charge is 0.378 e. The van der Waals surface area contributed by atoms with Crippen LogP contribution in [0.4, 0.5) is 11.4 Å². The Morgan fingerprint density at radius 1 is 1.25 bits per heavy atom. The molecule has 0 aromatic heterocycles. The summed E-state index contributed by atoms with van der Waals surface area (Å²) < 4.78 is 0. The lowest BCUT2D eigenvalue weighted by Gasteiger charge is -2.26. The summed E-state index contributed by atoms with van der Waals surface area (Å²) in [5, 5.41) is 2.82. The van der Waals surface area contributed by atoms with E-state index < -0.39 is 0 Å². The number of rotatable bonds is 4. The maximum absolute atomic E-state index is 11.9. The van der Waals surface area contributed by atoms with Crippen molar-refractivity contribution >= 4 is 23.2 Å². The standard InChI is InChI=1S/C15H21N3O2/c1-17(2)13-8-6-12(7-9-13)16-14(19)11-18-10-4-3-5-15(18)20/h6-9H,3-5,10-11H2,1-2H3,(H,16,19). The first-order valence-corrected chi connectivity index (χ1v) is 6.91. The Morgan fingerprint density at radius 2 is 1.95 bits per heavy atom. The third-order valence-electron chi connectivity index (χ3n) is 3.42. The summed E-state index contributed by atoms with van der Waals surface area (Å²) in [4.78, 5) is 27.2. The van der Waals surface area contributed by atoms with Crippen molar-refractivity contribution in [3.63, 3.8) is 0 Å². The van der Waals surface area contributed by atoms with Gasteiger partial charge in [0.25, 0.3) is 0 Å². The lowest BCUT2D eigenvalue weighted by molar-refractivity contribution is -0.136. The quantitative estimate of drug-likeness (QED) is 0.910. The van der Waals surface area contributed by atoms with Gasteiger partial charge in [0, 0.05) is 38.4 Å². The van der Waals surface area contributed by atoms with Crippen LogP contribution in [-0.4, -0.2) is 43.9 Å². The fraction of sp³-hybridized carbons (Fsp3) is 0.467. The number of carbonyl (C=O) groups excluding carboxylic acids is 2. The van der Waals surface area contributed by atoms with Crippen molar-refractivity contribution in [1.29, 1.82) is 0 Å². The van der Waals surface area contributed by atoms with E-state index in [0.29, 0.717) is 13.0 Å². The molecule has 1 saturated heterocycles. The second kappa shape index (κ2) is 6.41. The first kappa shape index (κ1) is 14.4. The minimum atomic E-state index is -0.141. The molecule has 1 N–H and O–H groups in total. The zero-order valence-corrected chi connectivity index (χ0v) is 12.1. The number of piperidine rings is 1. The van der Waals surface area contributed by atoms with Crippen molar-refractivity contribution in [3.8, 4) is 0 Å². The number of benzene rings is 1. The molecule has 0 aliphatic carbocycles. The average Bonchev–Trinajstić information content (AvgIpc) is 2.42. The smallest absolute Gasteiger partial charge is 0.243 e. The molecule has 0 saturated carbocycles. The van der Waals surface area contributed by atoms with E-state index in [-0.39, 0.29) is 18.4 Å². The molecule has 20 heavy (non-hydrogen) atoms. The predicted octanol–water partition coefficient (Wildman–Crippen LogP) is 1.70. The molecule has 0 atom stereocenters. The van der Waals surface area contributed by atoms with Crippen LogP contribution in [0.15, 0.2) is 24.3 Å². The van der Waals surface area contributed by atoms with Crippen LogP contribution in [-0.2, 0) is 9.59 Å². The molecule has 2 amide bonds. The van der Waals surface area contributed by atoms with E-state index in [9.17, 15) is 9.59 Å². The van der Waals surface area contributed by atoms with Crippen molar-refractivity contribution in [2.45, 2.75) is 19.3 Å². The molecule has 0 unspecified atom stereocenters. The molecule has 1 aromatic carbocycles. The van der Waals surface area contributed by atoms with Crippen molar-refractivity contribution < 1.29 is 9.59 Å². The summed E-state index contributed by atoms with van der Waals surface area (Å²) in [7, 11) is 3.94. The second-order valence-corrected chi connectivity index (χ2v) is 5.26. The minimum Gasteiger partial charge on any atom is -0.378 e. The number of likely N-dealkylation sites (tertiary alicyclic amines) is 1. The Balaban J connectivity index is 1.89. The number of hydrogen-bond acceptors (Lipinski definition) is 3. The molecule has 1 aliphatic rings. The predicted molar refractivity (Wildman–Crippen MR) is 79.8 cm³/mol. The Labute approximate surface area is 119 Å². The first-order valence-electron chi connectivity index (χ1n) is 6.91. The maximum atomic E-state index is 11.9.